The van der Waals surface area contributed by atoms with Crippen LogP contribution < -0.4 is 5.32 Å². The van der Waals surface area contributed by atoms with E-state index in [0.29, 0.717) is 6.01 Å². The number of anilines is 1. The van der Waals surface area contributed by atoms with Crippen molar-refractivity contribution in [1.29, 1.82) is 0 Å². The van der Waals surface area contributed by atoms with E-state index >= 15 is 0 Å². The molecule has 0 aliphatic heterocycles. The first-order valence-electron chi connectivity index (χ1n) is 1.81. The molecule has 37 valence electrons. The number of aromatic nitrogens is 2. The molecule has 0 atom stereocenters. The van der Waals surface area contributed by atoms with Crippen LogP contribution in [0.1, 0.15) is 0 Å². The predicted octanol–water partition coefficient (Wildman–Crippen LogP) is -0.0885. The lowest BCUT2D eigenvalue weighted by Gasteiger charge is -1.80. The van der Waals surface area contributed by atoms with Gasteiger partial charge in [-0.3, -0.25) is 0 Å². The molecule has 7 heavy (non-hydrogen) atoms. The van der Waals surface area contributed by atoms with Crippen molar-refractivity contribution in [3.8, 4) is 0 Å². The number of rotatable bonds is 1. The third-order valence-corrected chi connectivity index (χ3v) is 0.538. The molecule has 0 unspecified atom stereocenters. The van der Waals surface area contributed by atoms with E-state index in [4.69, 9.17) is 0 Å². The van der Waals surface area contributed by atoms with Gasteiger partial charge in [0.25, 0.3) is 0 Å². The monoisotopic (exact) mass is 98.0 g/mol. The molecule has 0 saturated carbocycles. The van der Waals surface area contributed by atoms with Crippen molar-refractivity contribution in [3.63, 3.8) is 0 Å². The average molecular weight is 98.1 g/mol. The van der Waals surface area contributed by atoms with Gasteiger partial charge in [0.1, 0.15) is 0 Å². The summed E-state index contributed by atoms with van der Waals surface area (Å²) in [7, 11) is 1.70. The second-order valence-electron chi connectivity index (χ2n) is 0.950. The molecule has 0 saturated heterocycles. The maximum atomic E-state index is 4.45. The Morgan fingerprint density at radius 1 is 1.86 bits per heavy atom. The minimum Gasteiger partial charge on any atom is -0.341 e. The van der Waals surface area contributed by atoms with Gasteiger partial charge in [0.2, 0.25) is 6.33 Å². The third kappa shape index (κ3) is 0.677. The first kappa shape index (κ1) is 4.11. The molecular weight excluding hydrogens is 94.1 g/mol. The molecule has 1 N–H and O–H groups in total. The van der Waals surface area contributed by atoms with E-state index in [1.807, 2.05) is 0 Å². The average Bonchev–Trinajstić information content (AvgIpc) is 2.14. The molecule has 4 nitrogen and oxygen atoms in total. The lowest BCUT2D eigenvalue weighted by Crippen LogP contribution is -1.84. The second-order valence-corrected chi connectivity index (χ2v) is 0.950. The Bertz CT molecular complexity index is 125. The van der Waals surface area contributed by atoms with Crippen LogP contribution in [0.5, 0.6) is 0 Å². The molecule has 0 aromatic carbocycles. The highest BCUT2D eigenvalue weighted by Crippen LogP contribution is 1.91. The predicted molar refractivity (Wildman–Crippen MR) is 22.7 cm³/mol. The summed E-state index contributed by atoms with van der Waals surface area (Å²) in [5.74, 6) is 0. The summed E-state index contributed by atoms with van der Waals surface area (Å²) in [5.41, 5.74) is 0. The molecule has 0 aliphatic rings. The Morgan fingerprint density at radius 2 is 2.71 bits per heavy atom. The Hall–Kier alpha value is -1.06. The maximum absolute atomic E-state index is 4.45. The molecule has 1 heterocycles. The molecule has 4 heteroatoms. The lowest BCUT2D eigenvalue weighted by molar-refractivity contribution is 0.430. The summed E-state index contributed by atoms with van der Waals surface area (Å²) >= 11 is 0. The number of nitrogens with zero attached hydrogens (tertiary/aromatic N) is 2. The molecule has 1 aromatic heterocycles. The molecule has 0 fully saturated rings. The second kappa shape index (κ2) is 1.59. The molecule has 1 aromatic rings. The quantitative estimate of drug-likeness (QED) is 0.533. The van der Waals surface area contributed by atoms with Gasteiger partial charge in [0.05, 0.1) is 0 Å². The Kier molecular flexibility index (Phi) is 0.934. The van der Waals surface area contributed by atoms with Crippen LogP contribution in [0.3, 0.4) is 0 Å². The van der Waals surface area contributed by atoms with Gasteiger partial charge in [-0.1, -0.05) is 5.16 Å². The van der Waals surface area contributed by atoms with Gasteiger partial charge in [0, 0.05) is 7.05 Å². The van der Waals surface area contributed by atoms with Gasteiger partial charge in [0.15, 0.2) is 0 Å². The number of hydrogen-bond acceptors (Lipinski definition) is 4. The third-order valence-electron chi connectivity index (χ3n) is 0.538. The van der Waals surface area contributed by atoms with E-state index in [0.717, 1.165) is 0 Å². The zero-order chi connectivity index (χ0) is 5.11. The van der Waals surface area contributed by atoms with Crippen LogP contribution in [0.25, 0.3) is 0 Å². The highest BCUT2D eigenvalue weighted by Gasteiger charge is 1.87. The van der Waals surface area contributed by atoms with Crippen molar-refractivity contribution in [2.45, 2.75) is 0 Å². The molecule has 0 amide bonds. The highest BCUT2D eigenvalue weighted by molar-refractivity contribution is 5.12. The van der Waals surface area contributed by atoms with Crippen molar-refractivity contribution >= 4 is 6.01 Å². The van der Waals surface area contributed by atoms with Crippen molar-refractivity contribution in [3.05, 3.63) is 6.33 Å². The van der Waals surface area contributed by atoms with Crippen LogP contribution in [0.15, 0.2) is 4.52 Å². The maximum Gasteiger partial charge on any atom is 0.321 e. The normalized spacial score (nSPS) is 8.71. The van der Waals surface area contributed by atoms with E-state index in [1.165, 1.54) is 0 Å². The van der Waals surface area contributed by atoms with Crippen LogP contribution in [0, 0.1) is 6.33 Å². The molecule has 1 rings (SSSR count). The van der Waals surface area contributed by atoms with Gasteiger partial charge >= 0.3 is 6.01 Å². The molecule has 0 aliphatic carbocycles. The largest absolute Gasteiger partial charge is 0.341 e. The summed E-state index contributed by atoms with van der Waals surface area (Å²) < 4.78 is 4.45. The fraction of sp³-hybridized carbons (Fsp3) is 0.333. The molecule has 1 radical (unpaired) electrons. The Morgan fingerprint density at radius 3 is 3.00 bits per heavy atom. The van der Waals surface area contributed by atoms with Gasteiger partial charge < -0.3 is 9.84 Å². The number of hydrogen-bond donors (Lipinski definition) is 1. The summed E-state index contributed by atoms with van der Waals surface area (Å²) in [6, 6.07) is 0.389. The van der Waals surface area contributed by atoms with Crippen LogP contribution in [-0.4, -0.2) is 17.2 Å². The van der Waals surface area contributed by atoms with E-state index in [9.17, 15) is 0 Å². The van der Waals surface area contributed by atoms with Crippen LogP contribution in [0.4, 0.5) is 6.01 Å². The number of nitrogens with one attached hydrogen (secondary N) is 1. The van der Waals surface area contributed by atoms with E-state index in [1.54, 1.807) is 7.05 Å². The van der Waals surface area contributed by atoms with Gasteiger partial charge in [-0.25, -0.2) is 0 Å². The van der Waals surface area contributed by atoms with Crippen LogP contribution >= 0.6 is 0 Å². The SMILES string of the molecule is CNc1n[c]no1. The standard InChI is InChI=1S/C3H4N3O/c1-4-3-5-2-6-7-3/h1H3,(H,4,5,6). The van der Waals surface area contributed by atoms with Crippen LogP contribution in [-0.2, 0) is 0 Å². The van der Waals surface area contributed by atoms with Crippen molar-refractivity contribution in [2.24, 2.45) is 0 Å². The molecular formula is C3H4N3O. The van der Waals surface area contributed by atoms with Crippen molar-refractivity contribution < 1.29 is 4.52 Å². The first-order chi connectivity index (χ1) is 3.43. The van der Waals surface area contributed by atoms with Crippen LogP contribution in [0.2, 0.25) is 0 Å². The minimum atomic E-state index is 0.389. The summed E-state index contributed by atoms with van der Waals surface area (Å²) in [6.45, 7) is 0. The Balaban J connectivity index is 2.76. The fourth-order valence-corrected chi connectivity index (χ4v) is 0.251. The summed E-state index contributed by atoms with van der Waals surface area (Å²) in [5, 5.41) is 5.85. The summed E-state index contributed by atoms with van der Waals surface area (Å²) in [6.07, 6.45) is 2.25. The zero-order valence-electron chi connectivity index (χ0n) is 3.80. The van der Waals surface area contributed by atoms with Gasteiger partial charge in [-0.2, -0.15) is 4.98 Å². The van der Waals surface area contributed by atoms with E-state index < -0.39 is 0 Å². The fourth-order valence-electron chi connectivity index (χ4n) is 0.251. The topological polar surface area (TPSA) is 51.0 Å². The van der Waals surface area contributed by atoms with E-state index in [2.05, 4.69) is 26.3 Å². The van der Waals surface area contributed by atoms with E-state index in [-0.39, 0.29) is 0 Å². The van der Waals surface area contributed by atoms with Gasteiger partial charge in [-0.15, -0.1) is 0 Å². The smallest absolute Gasteiger partial charge is 0.321 e. The van der Waals surface area contributed by atoms with Crippen molar-refractivity contribution in [2.75, 3.05) is 12.4 Å². The lowest BCUT2D eigenvalue weighted by atomic mass is 11.1. The first-order valence-corrected chi connectivity index (χ1v) is 1.81. The van der Waals surface area contributed by atoms with Gasteiger partial charge in [-0.05, 0) is 0 Å². The molecule has 0 bridgehead atoms. The summed E-state index contributed by atoms with van der Waals surface area (Å²) in [4.78, 5) is 3.52. The molecule has 0 spiro atoms. The Labute approximate surface area is 40.5 Å². The highest BCUT2D eigenvalue weighted by atomic mass is 16.5. The minimum absolute atomic E-state index is 0.389. The zero-order valence-corrected chi connectivity index (χ0v) is 3.80. The van der Waals surface area contributed by atoms with Crippen molar-refractivity contribution in [1.82, 2.24) is 10.1 Å².